The van der Waals surface area contributed by atoms with E-state index in [4.69, 9.17) is 4.74 Å². The van der Waals surface area contributed by atoms with Gasteiger partial charge in [0.25, 0.3) is 5.91 Å². The number of likely N-dealkylation sites (tertiary alicyclic amines) is 1. The van der Waals surface area contributed by atoms with Gasteiger partial charge in [-0.05, 0) is 19.9 Å². The van der Waals surface area contributed by atoms with Crippen LogP contribution in [0.1, 0.15) is 30.6 Å². The fraction of sp³-hybridized carbons (Fsp3) is 0.562. The molecule has 1 aliphatic heterocycles. The molecule has 23 heavy (non-hydrogen) atoms. The largest absolute Gasteiger partial charge is 0.489 e. The van der Waals surface area contributed by atoms with Crippen molar-refractivity contribution in [1.82, 2.24) is 15.2 Å². The second kappa shape index (κ2) is 7.41. The number of pyridine rings is 1. The van der Waals surface area contributed by atoms with E-state index in [0.29, 0.717) is 17.9 Å². The van der Waals surface area contributed by atoms with Crippen molar-refractivity contribution < 1.29 is 19.4 Å². The Hall–Kier alpha value is -2.15. The van der Waals surface area contributed by atoms with Gasteiger partial charge in [-0.15, -0.1) is 0 Å². The Morgan fingerprint density at radius 2 is 2.22 bits per heavy atom. The van der Waals surface area contributed by atoms with Gasteiger partial charge in [0.05, 0.1) is 24.0 Å². The van der Waals surface area contributed by atoms with Crippen LogP contribution in [0, 0.1) is 5.92 Å². The number of carbonyl (C=O) groups excluding carboxylic acids is 2. The maximum absolute atomic E-state index is 12.7. The summed E-state index contributed by atoms with van der Waals surface area (Å²) in [6.07, 6.45) is 2.48. The van der Waals surface area contributed by atoms with Crippen molar-refractivity contribution in [2.75, 3.05) is 20.1 Å². The maximum Gasteiger partial charge on any atom is 0.257 e. The van der Waals surface area contributed by atoms with E-state index in [9.17, 15) is 14.7 Å². The van der Waals surface area contributed by atoms with Gasteiger partial charge < -0.3 is 20.1 Å². The minimum Gasteiger partial charge on any atom is -0.489 e. The molecular formula is C16H23N3O4. The first kappa shape index (κ1) is 17.2. The van der Waals surface area contributed by atoms with E-state index < -0.39 is 6.10 Å². The number of ether oxygens (including phenoxy) is 1. The summed E-state index contributed by atoms with van der Waals surface area (Å²) < 4.78 is 5.63. The number of hydrogen-bond donors (Lipinski definition) is 2. The molecule has 0 unspecified atom stereocenters. The molecular weight excluding hydrogens is 298 g/mol. The van der Waals surface area contributed by atoms with Crippen LogP contribution in [0.3, 0.4) is 0 Å². The van der Waals surface area contributed by atoms with E-state index in [-0.39, 0.29) is 36.8 Å². The Kier molecular flexibility index (Phi) is 5.54. The van der Waals surface area contributed by atoms with E-state index in [1.54, 1.807) is 18.0 Å². The lowest BCUT2D eigenvalue weighted by atomic mass is 10.0. The first-order valence-corrected chi connectivity index (χ1v) is 7.71. The van der Waals surface area contributed by atoms with Gasteiger partial charge in [-0.1, -0.05) is 0 Å². The summed E-state index contributed by atoms with van der Waals surface area (Å²) in [5.41, 5.74) is 0.418. The molecule has 0 saturated carbocycles. The quantitative estimate of drug-likeness (QED) is 0.821. The molecule has 2 heterocycles. The van der Waals surface area contributed by atoms with Crippen molar-refractivity contribution in [1.29, 1.82) is 0 Å². The normalized spacial score (nSPS) is 20.7. The summed E-state index contributed by atoms with van der Waals surface area (Å²) in [5.74, 6) is -0.190. The molecule has 1 saturated heterocycles. The standard InChI is InChI=1S/C16H23N3O4/c1-10(2)23-14-7-18-5-4-12(14)16(22)19-8-11(13(20)9-19)6-15(21)17-3/h4-5,7,10-11,13,20H,6,8-9H2,1-3H3,(H,17,21)/t11-,13-/m1/s1. The zero-order valence-electron chi connectivity index (χ0n) is 13.7. The van der Waals surface area contributed by atoms with E-state index in [1.165, 1.54) is 12.4 Å². The van der Waals surface area contributed by atoms with Gasteiger partial charge in [0.1, 0.15) is 0 Å². The number of nitrogens with one attached hydrogen (secondary N) is 1. The molecule has 0 bridgehead atoms. The van der Waals surface area contributed by atoms with E-state index >= 15 is 0 Å². The van der Waals surface area contributed by atoms with Crippen LogP contribution >= 0.6 is 0 Å². The molecule has 2 N–H and O–H groups in total. The zero-order valence-corrected chi connectivity index (χ0v) is 13.7. The van der Waals surface area contributed by atoms with Crippen LogP contribution in [0.2, 0.25) is 0 Å². The predicted octanol–water partition coefficient (Wildman–Crippen LogP) is 0.438. The number of nitrogens with zero attached hydrogens (tertiary/aromatic N) is 2. The summed E-state index contributed by atoms with van der Waals surface area (Å²) in [6.45, 7) is 4.31. The Morgan fingerprint density at radius 1 is 1.48 bits per heavy atom. The molecule has 7 nitrogen and oxygen atoms in total. The topological polar surface area (TPSA) is 91.8 Å². The molecule has 126 valence electrons. The number of rotatable bonds is 5. The first-order chi connectivity index (χ1) is 10.9. The number of aliphatic hydroxyl groups excluding tert-OH is 1. The van der Waals surface area contributed by atoms with Gasteiger partial charge >= 0.3 is 0 Å². The number of hydrogen-bond acceptors (Lipinski definition) is 5. The zero-order chi connectivity index (χ0) is 17.0. The Balaban J connectivity index is 2.11. The molecule has 0 spiro atoms. The second-order valence-corrected chi connectivity index (χ2v) is 5.95. The van der Waals surface area contributed by atoms with Crippen LogP contribution in [0.15, 0.2) is 18.5 Å². The lowest BCUT2D eigenvalue weighted by molar-refractivity contribution is -0.122. The molecule has 1 aromatic rings. The monoisotopic (exact) mass is 321 g/mol. The molecule has 0 aromatic carbocycles. The summed E-state index contributed by atoms with van der Waals surface area (Å²) >= 11 is 0. The van der Waals surface area contributed by atoms with Gasteiger partial charge in [0.2, 0.25) is 5.91 Å². The van der Waals surface area contributed by atoms with E-state index in [0.717, 1.165) is 0 Å². The lowest BCUT2D eigenvalue weighted by Crippen LogP contribution is -2.30. The van der Waals surface area contributed by atoms with Gasteiger partial charge in [-0.25, -0.2) is 0 Å². The average Bonchev–Trinajstić information content (AvgIpc) is 2.87. The van der Waals surface area contributed by atoms with Gasteiger partial charge in [-0.2, -0.15) is 0 Å². The molecule has 7 heteroatoms. The highest BCUT2D eigenvalue weighted by Crippen LogP contribution is 2.25. The predicted molar refractivity (Wildman–Crippen MR) is 84.1 cm³/mol. The van der Waals surface area contributed by atoms with Crippen LogP contribution in [0.25, 0.3) is 0 Å². The molecule has 0 aliphatic carbocycles. The fourth-order valence-electron chi connectivity index (χ4n) is 2.64. The lowest BCUT2D eigenvalue weighted by Gasteiger charge is -2.19. The van der Waals surface area contributed by atoms with Crippen LogP contribution < -0.4 is 10.1 Å². The second-order valence-electron chi connectivity index (χ2n) is 5.95. The molecule has 1 aliphatic rings. The van der Waals surface area contributed by atoms with Crippen molar-refractivity contribution in [3.05, 3.63) is 24.0 Å². The summed E-state index contributed by atoms with van der Waals surface area (Å²) in [6, 6.07) is 1.61. The molecule has 2 amide bonds. The van der Waals surface area contributed by atoms with Gasteiger partial charge in [-0.3, -0.25) is 14.6 Å². The molecule has 1 fully saturated rings. The number of aromatic nitrogens is 1. The van der Waals surface area contributed by atoms with Crippen LogP contribution in [-0.2, 0) is 4.79 Å². The number of β-amino-alcohol motifs (C(OH)–C–C–N with tert-alkyl or cyclic N) is 1. The Morgan fingerprint density at radius 3 is 2.87 bits per heavy atom. The molecule has 2 atom stereocenters. The Bertz CT molecular complexity index is 576. The summed E-state index contributed by atoms with van der Waals surface area (Å²) in [7, 11) is 1.55. The first-order valence-electron chi connectivity index (χ1n) is 7.71. The van der Waals surface area contributed by atoms with Crippen molar-refractivity contribution in [3.8, 4) is 5.75 Å². The minimum atomic E-state index is -0.701. The van der Waals surface area contributed by atoms with Crippen LogP contribution in [0.5, 0.6) is 5.75 Å². The fourth-order valence-corrected chi connectivity index (χ4v) is 2.64. The SMILES string of the molecule is CNC(=O)C[C@@H]1CN(C(=O)c2ccncc2OC(C)C)C[C@H]1O. The van der Waals surface area contributed by atoms with E-state index in [1.807, 2.05) is 13.8 Å². The smallest absolute Gasteiger partial charge is 0.257 e. The van der Waals surface area contributed by atoms with Gasteiger partial charge in [0, 0.05) is 38.7 Å². The van der Waals surface area contributed by atoms with Crippen molar-refractivity contribution in [2.45, 2.75) is 32.5 Å². The maximum atomic E-state index is 12.7. The van der Waals surface area contributed by atoms with E-state index in [2.05, 4.69) is 10.3 Å². The third kappa shape index (κ3) is 4.19. The number of amides is 2. The van der Waals surface area contributed by atoms with Crippen molar-refractivity contribution in [3.63, 3.8) is 0 Å². The van der Waals surface area contributed by atoms with Gasteiger partial charge in [0.15, 0.2) is 5.75 Å². The van der Waals surface area contributed by atoms with Crippen molar-refractivity contribution >= 4 is 11.8 Å². The third-order valence-electron chi connectivity index (χ3n) is 3.80. The average molecular weight is 321 g/mol. The molecule has 0 radical (unpaired) electrons. The van der Waals surface area contributed by atoms with Crippen LogP contribution in [0.4, 0.5) is 0 Å². The highest BCUT2D eigenvalue weighted by Gasteiger charge is 2.36. The highest BCUT2D eigenvalue weighted by molar-refractivity contribution is 5.97. The number of carbonyl (C=O) groups is 2. The van der Waals surface area contributed by atoms with Crippen molar-refractivity contribution in [2.24, 2.45) is 5.92 Å². The molecule has 2 rings (SSSR count). The minimum absolute atomic E-state index is 0.0732. The highest BCUT2D eigenvalue weighted by atomic mass is 16.5. The number of aliphatic hydroxyl groups is 1. The summed E-state index contributed by atoms with van der Waals surface area (Å²) in [5, 5.41) is 12.6. The van der Waals surface area contributed by atoms with Crippen LogP contribution in [-0.4, -0.2) is 59.1 Å². The third-order valence-corrected chi connectivity index (χ3v) is 3.80. The summed E-state index contributed by atoms with van der Waals surface area (Å²) in [4.78, 5) is 29.7. The molecule has 1 aromatic heterocycles. The Labute approximate surface area is 135 Å².